The van der Waals surface area contributed by atoms with Crippen LogP contribution >= 0.6 is 0 Å². The molecule has 0 saturated heterocycles. The van der Waals surface area contributed by atoms with E-state index in [1.165, 1.54) is 18.2 Å². The Morgan fingerprint density at radius 3 is 2.43 bits per heavy atom. The van der Waals surface area contributed by atoms with Crippen molar-refractivity contribution in [2.45, 2.75) is 6.18 Å². The molecule has 2 aromatic carbocycles. The minimum absolute atomic E-state index is 0.0194. The predicted molar refractivity (Wildman–Crippen MR) is 72.2 cm³/mol. The molecule has 0 aliphatic heterocycles. The number of anilines is 1. The molecule has 3 rings (SSSR count). The number of alkyl halides is 3. The van der Waals surface area contributed by atoms with Gasteiger partial charge in [0.1, 0.15) is 5.52 Å². The van der Waals surface area contributed by atoms with Gasteiger partial charge in [-0.25, -0.2) is 4.98 Å². The van der Waals surface area contributed by atoms with Gasteiger partial charge in [-0.1, -0.05) is 24.3 Å². The monoisotopic (exact) mass is 290 g/mol. The maximum atomic E-state index is 13.0. The van der Waals surface area contributed by atoms with Crippen molar-refractivity contribution in [2.24, 2.45) is 0 Å². The highest BCUT2D eigenvalue weighted by Gasteiger charge is 2.33. The van der Waals surface area contributed by atoms with Crippen LogP contribution in [0.5, 0.6) is 0 Å². The smallest absolute Gasteiger partial charge is 0.366 e. The number of benzene rings is 2. The fourth-order valence-electron chi connectivity index (χ4n) is 2.10. The molecular weight excluding hydrogens is 281 g/mol. The van der Waals surface area contributed by atoms with E-state index in [2.05, 4.69) is 15.2 Å². The maximum absolute atomic E-state index is 13.0. The molecule has 0 radical (unpaired) electrons. The number of nitrogens with zero attached hydrogens (tertiary/aromatic N) is 3. The lowest BCUT2D eigenvalue weighted by Gasteiger charge is -2.12. The number of nitrogens with two attached hydrogens (primary N) is 1. The fraction of sp³-hybridized carbons (Fsp3) is 0.0714. The van der Waals surface area contributed by atoms with Gasteiger partial charge in [-0.2, -0.15) is 13.2 Å². The highest BCUT2D eigenvalue weighted by atomic mass is 19.4. The van der Waals surface area contributed by atoms with E-state index in [0.717, 1.165) is 6.07 Å². The summed E-state index contributed by atoms with van der Waals surface area (Å²) < 4.78 is 39.1. The highest BCUT2D eigenvalue weighted by molar-refractivity contribution is 5.82. The lowest BCUT2D eigenvalue weighted by atomic mass is 9.99. The molecule has 0 saturated carbocycles. The first-order valence-corrected chi connectivity index (χ1v) is 6.02. The van der Waals surface area contributed by atoms with E-state index < -0.39 is 11.7 Å². The van der Waals surface area contributed by atoms with E-state index >= 15 is 0 Å². The molecule has 0 unspecified atom stereocenters. The standard InChI is InChI=1S/C14H9F3N4/c15-14(16,17)10-4-2-1-3-9(10)8-5-6-11-12(7-8)20-21-13(18)19-11/h1-7H,(H2,18,19,21). The van der Waals surface area contributed by atoms with Gasteiger partial charge in [0.15, 0.2) is 0 Å². The second kappa shape index (κ2) is 4.69. The van der Waals surface area contributed by atoms with Crippen LogP contribution in [0.25, 0.3) is 22.2 Å². The summed E-state index contributed by atoms with van der Waals surface area (Å²) in [6, 6.07) is 10.0. The summed E-state index contributed by atoms with van der Waals surface area (Å²) in [5.74, 6) is 0.0194. The lowest BCUT2D eigenvalue weighted by Crippen LogP contribution is -2.06. The Kier molecular flexibility index (Phi) is 2.97. The van der Waals surface area contributed by atoms with Gasteiger partial charge in [-0.05, 0) is 29.3 Å². The van der Waals surface area contributed by atoms with Crippen LogP contribution in [0.4, 0.5) is 19.1 Å². The summed E-state index contributed by atoms with van der Waals surface area (Å²) in [5, 5.41) is 7.45. The first-order chi connectivity index (χ1) is 9.95. The molecule has 7 heteroatoms. The number of aromatic nitrogens is 3. The van der Waals surface area contributed by atoms with Crippen molar-refractivity contribution in [3.05, 3.63) is 48.0 Å². The summed E-state index contributed by atoms with van der Waals surface area (Å²) in [6.45, 7) is 0. The van der Waals surface area contributed by atoms with Gasteiger partial charge in [0.25, 0.3) is 0 Å². The molecule has 0 aliphatic rings. The van der Waals surface area contributed by atoms with Gasteiger partial charge in [0.2, 0.25) is 5.95 Å². The van der Waals surface area contributed by atoms with Crippen molar-refractivity contribution < 1.29 is 13.2 Å². The number of halogens is 3. The third-order valence-electron chi connectivity index (χ3n) is 3.01. The largest absolute Gasteiger partial charge is 0.417 e. The second-order valence-electron chi connectivity index (χ2n) is 4.42. The zero-order valence-electron chi connectivity index (χ0n) is 10.6. The minimum Gasteiger partial charge on any atom is -0.366 e. The minimum atomic E-state index is -4.42. The van der Waals surface area contributed by atoms with Crippen LogP contribution in [-0.4, -0.2) is 15.2 Å². The first kappa shape index (κ1) is 13.3. The predicted octanol–water partition coefficient (Wildman–Crippen LogP) is 3.29. The van der Waals surface area contributed by atoms with Crippen LogP contribution in [0.2, 0.25) is 0 Å². The van der Waals surface area contributed by atoms with Gasteiger partial charge in [-0.15, -0.1) is 10.2 Å². The lowest BCUT2D eigenvalue weighted by molar-refractivity contribution is -0.137. The molecule has 0 atom stereocenters. The SMILES string of the molecule is Nc1nnc2cc(-c3ccccc3C(F)(F)F)ccc2n1. The molecule has 3 aromatic rings. The third-order valence-corrected chi connectivity index (χ3v) is 3.01. The van der Waals surface area contributed by atoms with Crippen LogP contribution in [0.15, 0.2) is 42.5 Å². The van der Waals surface area contributed by atoms with Crippen molar-refractivity contribution in [3.63, 3.8) is 0 Å². The molecule has 0 bridgehead atoms. The van der Waals surface area contributed by atoms with Crippen molar-refractivity contribution in [3.8, 4) is 11.1 Å². The summed E-state index contributed by atoms with van der Waals surface area (Å²) in [5.41, 5.74) is 6.08. The van der Waals surface area contributed by atoms with Gasteiger partial charge in [0, 0.05) is 0 Å². The average molecular weight is 290 g/mol. The zero-order valence-corrected chi connectivity index (χ0v) is 10.6. The topological polar surface area (TPSA) is 64.7 Å². The Balaban J connectivity index is 2.19. The maximum Gasteiger partial charge on any atom is 0.417 e. The summed E-state index contributed by atoms with van der Waals surface area (Å²) in [6.07, 6.45) is -4.42. The molecule has 2 N–H and O–H groups in total. The molecular formula is C14H9F3N4. The van der Waals surface area contributed by atoms with Crippen molar-refractivity contribution >= 4 is 17.0 Å². The number of nitrogen functional groups attached to an aromatic ring is 1. The molecule has 106 valence electrons. The van der Waals surface area contributed by atoms with E-state index in [-0.39, 0.29) is 11.5 Å². The van der Waals surface area contributed by atoms with E-state index in [1.54, 1.807) is 18.2 Å². The molecule has 0 amide bonds. The molecule has 4 nitrogen and oxygen atoms in total. The Morgan fingerprint density at radius 1 is 0.905 bits per heavy atom. The number of fused-ring (bicyclic) bond motifs is 1. The summed E-state index contributed by atoms with van der Waals surface area (Å²) in [7, 11) is 0. The Morgan fingerprint density at radius 2 is 1.67 bits per heavy atom. The van der Waals surface area contributed by atoms with E-state index in [4.69, 9.17) is 5.73 Å². The highest BCUT2D eigenvalue weighted by Crippen LogP contribution is 2.37. The number of rotatable bonds is 1. The molecule has 1 aromatic heterocycles. The van der Waals surface area contributed by atoms with Crippen molar-refractivity contribution in [2.75, 3.05) is 5.73 Å². The molecule has 1 heterocycles. The Hall–Kier alpha value is -2.70. The van der Waals surface area contributed by atoms with Crippen LogP contribution in [0.1, 0.15) is 5.56 Å². The number of hydrogen-bond donors (Lipinski definition) is 1. The third kappa shape index (κ3) is 2.49. The van der Waals surface area contributed by atoms with E-state index in [0.29, 0.717) is 16.6 Å². The summed E-state index contributed by atoms with van der Waals surface area (Å²) >= 11 is 0. The Labute approximate surface area is 117 Å². The Bertz CT molecular complexity index is 815. The van der Waals surface area contributed by atoms with E-state index in [1.807, 2.05) is 0 Å². The number of hydrogen-bond acceptors (Lipinski definition) is 4. The van der Waals surface area contributed by atoms with Gasteiger partial charge < -0.3 is 5.73 Å². The van der Waals surface area contributed by atoms with Gasteiger partial charge >= 0.3 is 6.18 Å². The van der Waals surface area contributed by atoms with Crippen LogP contribution in [0.3, 0.4) is 0 Å². The normalized spacial score (nSPS) is 11.8. The molecule has 0 spiro atoms. The average Bonchev–Trinajstić information content (AvgIpc) is 2.46. The molecule has 0 aliphatic carbocycles. The summed E-state index contributed by atoms with van der Waals surface area (Å²) in [4.78, 5) is 3.96. The molecule has 0 fully saturated rings. The van der Waals surface area contributed by atoms with Crippen LogP contribution < -0.4 is 5.73 Å². The van der Waals surface area contributed by atoms with Crippen molar-refractivity contribution in [1.82, 2.24) is 15.2 Å². The van der Waals surface area contributed by atoms with Crippen molar-refractivity contribution in [1.29, 1.82) is 0 Å². The van der Waals surface area contributed by atoms with Crippen LogP contribution in [-0.2, 0) is 6.18 Å². The van der Waals surface area contributed by atoms with Gasteiger partial charge in [-0.3, -0.25) is 0 Å². The first-order valence-electron chi connectivity index (χ1n) is 6.02. The molecule has 21 heavy (non-hydrogen) atoms. The van der Waals surface area contributed by atoms with Gasteiger partial charge in [0.05, 0.1) is 11.1 Å². The quantitative estimate of drug-likeness (QED) is 0.747. The second-order valence-corrected chi connectivity index (χ2v) is 4.42. The zero-order chi connectivity index (χ0) is 15.0. The van der Waals surface area contributed by atoms with Crippen LogP contribution in [0, 0.1) is 0 Å². The van der Waals surface area contributed by atoms with E-state index in [9.17, 15) is 13.2 Å². The fourth-order valence-corrected chi connectivity index (χ4v) is 2.10.